The van der Waals surface area contributed by atoms with Crippen LogP contribution in [0.3, 0.4) is 0 Å². The molecular weight excluding hydrogens is 302 g/mol. The molecule has 2 heteroatoms. The summed E-state index contributed by atoms with van der Waals surface area (Å²) < 4.78 is 0. The lowest BCUT2D eigenvalue weighted by atomic mass is 9.96. The highest BCUT2D eigenvalue weighted by Gasteiger charge is 2.10. The first-order chi connectivity index (χ1) is 10.9. The maximum absolute atomic E-state index is 3.76. The van der Waals surface area contributed by atoms with Crippen LogP contribution in [0.2, 0.25) is 0 Å². The Balaban J connectivity index is 0.00000192. The van der Waals surface area contributed by atoms with Gasteiger partial charge in [-0.3, -0.25) is 0 Å². The second kappa shape index (κ2) is 9.75. The van der Waals surface area contributed by atoms with Gasteiger partial charge < -0.3 is 5.32 Å². The van der Waals surface area contributed by atoms with Gasteiger partial charge >= 0.3 is 0 Å². The van der Waals surface area contributed by atoms with Gasteiger partial charge in [-0.25, -0.2) is 0 Å². The Kier molecular flexibility index (Phi) is 7.64. The highest BCUT2D eigenvalue weighted by molar-refractivity contribution is 5.85. The third-order valence-corrected chi connectivity index (χ3v) is 4.76. The summed E-state index contributed by atoms with van der Waals surface area (Å²) in [5, 5.41) is 3.76. The molecule has 1 aliphatic carbocycles. The maximum Gasteiger partial charge on any atom is 0.0208 e. The summed E-state index contributed by atoms with van der Waals surface area (Å²) in [4.78, 5) is 0. The molecule has 0 aromatic heterocycles. The van der Waals surface area contributed by atoms with Gasteiger partial charge in [0.25, 0.3) is 0 Å². The summed E-state index contributed by atoms with van der Waals surface area (Å²) in [6.07, 6.45) is 9.76. The summed E-state index contributed by atoms with van der Waals surface area (Å²) >= 11 is 0. The van der Waals surface area contributed by atoms with E-state index in [0.29, 0.717) is 6.04 Å². The molecule has 0 saturated heterocycles. The van der Waals surface area contributed by atoms with Crippen LogP contribution < -0.4 is 5.32 Å². The Bertz CT molecular complexity index is 542. The molecule has 0 bridgehead atoms. The Morgan fingerprint density at radius 2 is 1.26 bits per heavy atom. The van der Waals surface area contributed by atoms with Crippen molar-refractivity contribution in [3.8, 4) is 11.1 Å². The fourth-order valence-electron chi connectivity index (χ4n) is 3.37. The monoisotopic (exact) mass is 329 g/mol. The molecule has 0 amide bonds. The average Bonchev–Trinajstić information content (AvgIpc) is 2.55. The lowest BCUT2D eigenvalue weighted by Crippen LogP contribution is -2.29. The molecule has 1 aliphatic rings. The quantitative estimate of drug-likeness (QED) is 0.727. The van der Waals surface area contributed by atoms with E-state index >= 15 is 0 Å². The van der Waals surface area contributed by atoms with Crippen LogP contribution in [0.1, 0.15) is 50.5 Å². The fraction of sp³-hybridized carbons (Fsp3) is 0.429. The van der Waals surface area contributed by atoms with Crippen LogP contribution in [0.25, 0.3) is 11.1 Å². The van der Waals surface area contributed by atoms with Crippen molar-refractivity contribution < 1.29 is 0 Å². The molecule has 1 N–H and O–H groups in total. The first-order valence-electron chi connectivity index (χ1n) is 8.79. The van der Waals surface area contributed by atoms with Crippen molar-refractivity contribution in [2.24, 2.45) is 0 Å². The van der Waals surface area contributed by atoms with Crippen molar-refractivity contribution in [2.45, 2.75) is 57.5 Å². The van der Waals surface area contributed by atoms with Crippen molar-refractivity contribution in [1.82, 2.24) is 5.32 Å². The van der Waals surface area contributed by atoms with Gasteiger partial charge in [0.15, 0.2) is 0 Å². The van der Waals surface area contributed by atoms with Gasteiger partial charge in [0.2, 0.25) is 0 Å². The van der Waals surface area contributed by atoms with Crippen LogP contribution in [0, 0.1) is 0 Å². The van der Waals surface area contributed by atoms with Gasteiger partial charge in [-0.15, -0.1) is 12.4 Å². The minimum absolute atomic E-state index is 0. The van der Waals surface area contributed by atoms with Gasteiger partial charge in [0.05, 0.1) is 0 Å². The van der Waals surface area contributed by atoms with Gasteiger partial charge in [-0.05, 0) is 29.5 Å². The highest BCUT2D eigenvalue weighted by atomic mass is 35.5. The minimum atomic E-state index is 0. The molecular formula is C21H28ClN. The van der Waals surface area contributed by atoms with Crippen molar-refractivity contribution in [1.29, 1.82) is 0 Å². The summed E-state index contributed by atoms with van der Waals surface area (Å²) in [6.45, 7) is 1.000. The molecule has 0 unspecified atom stereocenters. The summed E-state index contributed by atoms with van der Waals surface area (Å²) in [5.41, 5.74) is 3.99. The summed E-state index contributed by atoms with van der Waals surface area (Å²) in [6, 6.07) is 20.3. The lowest BCUT2D eigenvalue weighted by Gasteiger charge is -2.21. The Hall–Kier alpha value is -1.31. The van der Waals surface area contributed by atoms with Crippen LogP contribution in [0.5, 0.6) is 0 Å². The van der Waals surface area contributed by atoms with E-state index in [0.717, 1.165) is 6.54 Å². The van der Waals surface area contributed by atoms with E-state index < -0.39 is 0 Å². The largest absolute Gasteiger partial charge is 0.310 e. The number of halogens is 1. The van der Waals surface area contributed by atoms with Crippen LogP contribution in [0.15, 0.2) is 54.6 Å². The minimum Gasteiger partial charge on any atom is -0.310 e. The van der Waals surface area contributed by atoms with Crippen LogP contribution in [-0.2, 0) is 6.54 Å². The number of nitrogens with one attached hydrogen (secondary N) is 1. The Labute approximate surface area is 146 Å². The van der Waals surface area contributed by atoms with Gasteiger partial charge in [0.1, 0.15) is 0 Å². The molecule has 1 saturated carbocycles. The zero-order chi connectivity index (χ0) is 15.0. The van der Waals surface area contributed by atoms with Gasteiger partial charge in [-0.2, -0.15) is 0 Å². The highest BCUT2D eigenvalue weighted by Crippen LogP contribution is 2.20. The zero-order valence-corrected chi connectivity index (χ0v) is 14.7. The molecule has 3 rings (SSSR count). The third-order valence-electron chi connectivity index (χ3n) is 4.76. The maximum atomic E-state index is 3.76. The van der Waals surface area contributed by atoms with Crippen LogP contribution in [-0.4, -0.2) is 6.04 Å². The summed E-state index contributed by atoms with van der Waals surface area (Å²) in [5.74, 6) is 0. The molecule has 2 aromatic rings. The van der Waals surface area contributed by atoms with Crippen molar-refractivity contribution in [3.05, 3.63) is 60.2 Å². The molecule has 23 heavy (non-hydrogen) atoms. The smallest absolute Gasteiger partial charge is 0.0208 e. The number of rotatable bonds is 4. The first kappa shape index (κ1) is 18.0. The Morgan fingerprint density at radius 1 is 0.696 bits per heavy atom. The number of hydrogen-bond acceptors (Lipinski definition) is 1. The van der Waals surface area contributed by atoms with Crippen molar-refractivity contribution >= 4 is 12.4 Å². The van der Waals surface area contributed by atoms with Gasteiger partial charge in [0, 0.05) is 12.6 Å². The average molecular weight is 330 g/mol. The van der Waals surface area contributed by atoms with E-state index in [-0.39, 0.29) is 12.4 Å². The molecule has 1 fully saturated rings. The molecule has 0 atom stereocenters. The molecule has 0 heterocycles. The van der Waals surface area contributed by atoms with E-state index in [4.69, 9.17) is 0 Å². The van der Waals surface area contributed by atoms with E-state index in [1.165, 1.54) is 61.6 Å². The Morgan fingerprint density at radius 3 is 1.91 bits per heavy atom. The van der Waals surface area contributed by atoms with Crippen molar-refractivity contribution in [3.63, 3.8) is 0 Å². The normalized spacial score (nSPS) is 16.2. The van der Waals surface area contributed by atoms with Gasteiger partial charge in [-0.1, -0.05) is 86.7 Å². The van der Waals surface area contributed by atoms with Crippen LogP contribution in [0.4, 0.5) is 0 Å². The molecule has 0 aliphatic heterocycles. The number of hydrogen-bond donors (Lipinski definition) is 1. The van der Waals surface area contributed by atoms with E-state index in [1.807, 2.05) is 0 Å². The predicted molar refractivity (Wildman–Crippen MR) is 102 cm³/mol. The lowest BCUT2D eigenvalue weighted by molar-refractivity contribution is 0.389. The van der Waals surface area contributed by atoms with E-state index in [1.54, 1.807) is 0 Å². The predicted octanol–water partition coefficient (Wildman–Crippen LogP) is 5.98. The molecule has 2 aromatic carbocycles. The summed E-state index contributed by atoms with van der Waals surface area (Å²) in [7, 11) is 0. The molecule has 124 valence electrons. The van der Waals surface area contributed by atoms with Crippen LogP contribution >= 0.6 is 12.4 Å². The molecule has 0 radical (unpaired) electrons. The first-order valence-corrected chi connectivity index (χ1v) is 8.79. The zero-order valence-electron chi connectivity index (χ0n) is 13.8. The molecule has 0 spiro atoms. The SMILES string of the molecule is Cl.c1ccc(-c2ccc(CNC3CCCCCCC3)cc2)cc1. The molecule has 1 nitrogen and oxygen atoms in total. The van der Waals surface area contributed by atoms with Crippen molar-refractivity contribution in [2.75, 3.05) is 0 Å². The van der Waals surface area contributed by atoms with E-state index in [2.05, 4.69) is 59.9 Å². The number of benzene rings is 2. The second-order valence-corrected chi connectivity index (χ2v) is 6.49. The topological polar surface area (TPSA) is 12.0 Å². The van der Waals surface area contributed by atoms with E-state index in [9.17, 15) is 0 Å². The second-order valence-electron chi connectivity index (χ2n) is 6.49. The third kappa shape index (κ3) is 5.67. The fourth-order valence-corrected chi connectivity index (χ4v) is 3.37. The standard InChI is InChI=1S/C21H27N.ClH/c1-2-7-11-21(12-8-3-1)22-17-18-13-15-20(16-14-18)19-9-5-4-6-10-19;/h4-6,9-10,13-16,21-22H,1-3,7-8,11-12,17H2;1H.